The van der Waals surface area contributed by atoms with E-state index in [4.69, 9.17) is 0 Å². The van der Waals surface area contributed by atoms with Crippen LogP contribution in [-0.2, 0) is 12.8 Å². The van der Waals surface area contributed by atoms with Crippen molar-refractivity contribution in [2.45, 2.75) is 85.0 Å². The lowest BCUT2D eigenvalue weighted by atomic mass is 9.79. The van der Waals surface area contributed by atoms with Crippen LogP contribution in [0.4, 0.5) is 0 Å². The van der Waals surface area contributed by atoms with Gasteiger partial charge in [0, 0.05) is 0 Å². The van der Waals surface area contributed by atoms with Crippen LogP contribution in [-0.4, -0.2) is 0 Å². The minimum absolute atomic E-state index is 0.797. The third-order valence-corrected chi connectivity index (χ3v) is 7.66. The number of aryl methyl sites for hydroxylation is 5. The van der Waals surface area contributed by atoms with Crippen molar-refractivity contribution in [3.05, 3.63) is 94.0 Å². The molecule has 1 saturated carbocycles. The average molecular weight is 425 g/mol. The van der Waals surface area contributed by atoms with E-state index in [-0.39, 0.29) is 0 Å². The SMILES string of the molecule is Cc1ccc(-c2ccc(CCCCc3ccc(C4CCC(C)CC4)cc3C)cc2)c(C)c1. The molecule has 32 heavy (non-hydrogen) atoms. The Bertz CT molecular complexity index is 1020. The first-order chi connectivity index (χ1) is 15.5. The number of hydrogen-bond donors (Lipinski definition) is 0. The van der Waals surface area contributed by atoms with Crippen molar-refractivity contribution in [3.8, 4) is 11.1 Å². The van der Waals surface area contributed by atoms with Crippen molar-refractivity contribution < 1.29 is 0 Å². The lowest BCUT2D eigenvalue weighted by Gasteiger charge is -2.27. The lowest BCUT2D eigenvalue weighted by Crippen LogP contribution is -2.11. The molecule has 0 N–H and O–H groups in total. The molecule has 0 atom stereocenters. The first-order valence-electron chi connectivity index (χ1n) is 12.8. The van der Waals surface area contributed by atoms with Crippen molar-refractivity contribution in [2.24, 2.45) is 5.92 Å². The highest BCUT2D eigenvalue weighted by Crippen LogP contribution is 2.36. The van der Waals surface area contributed by atoms with E-state index in [9.17, 15) is 0 Å². The smallest absolute Gasteiger partial charge is 0.0155 e. The Hall–Kier alpha value is -2.34. The maximum atomic E-state index is 2.49. The van der Waals surface area contributed by atoms with E-state index in [0.29, 0.717) is 0 Å². The molecule has 0 saturated heterocycles. The summed E-state index contributed by atoms with van der Waals surface area (Å²) in [4.78, 5) is 0. The average Bonchev–Trinajstić information content (AvgIpc) is 2.79. The third-order valence-electron chi connectivity index (χ3n) is 7.66. The fourth-order valence-corrected chi connectivity index (χ4v) is 5.48. The third kappa shape index (κ3) is 5.71. The fourth-order valence-electron chi connectivity index (χ4n) is 5.48. The van der Waals surface area contributed by atoms with Crippen LogP contribution in [0.5, 0.6) is 0 Å². The van der Waals surface area contributed by atoms with Crippen LogP contribution < -0.4 is 0 Å². The number of unbranched alkanes of at least 4 members (excludes halogenated alkanes) is 1. The summed E-state index contributed by atoms with van der Waals surface area (Å²) in [5.74, 6) is 1.72. The molecule has 3 aromatic carbocycles. The first kappa shape index (κ1) is 22.8. The zero-order chi connectivity index (χ0) is 22.5. The van der Waals surface area contributed by atoms with Crippen LogP contribution in [0.25, 0.3) is 11.1 Å². The number of hydrogen-bond acceptors (Lipinski definition) is 0. The Morgan fingerprint density at radius 2 is 1.41 bits per heavy atom. The van der Waals surface area contributed by atoms with Gasteiger partial charge in [0.2, 0.25) is 0 Å². The van der Waals surface area contributed by atoms with Crippen LogP contribution in [0.1, 0.15) is 84.7 Å². The van der Waals surface area contributed by atoms with Crippen LogP contribution in [0.15, 0.2) is 60.7 Å². The highest BCUT2D eigenvalue weighted by atomic mass is 14.2. The molecule has 3 aromatic rings. The molecular formula is C32H40. The largest absolute Gasteiger partial charge is 0.0625 e. The molecule has 4 rings (SSSR count). The van der Waals surface area contributed by atoms with Crippen molar-refractivity contribution in [3.63, 3.8) is 0 Å². The molecule has 0 nitrogen and oxygen atoms in total. The minimum Gasteiger partial charge on any atom is -0.0625 e. The fraction of sp³-hybridized carbons (Fsp3) is 0.438. The van der Waals surface area contributed by atoms with E-state index >= 15 is 0 Å². The Kier molecular flexibility index (Phi) is 7.51. The molecule has 0 heterocycles. The highest BCUT2D eigenvalue weighted by molar-refractivity contribution is 5.67. The molecule has 0 aliphatic heterocycles. The van der Waals surface area contributed by atoms with Gasteiger partial charge >= 0.3 is 0 Å². The monoisotopic (exact) mass is 424 g/mol. The maximum absolute atomic E-state index is 2.49. The molecule has 0 bridgehead atoms. The van der Waals surface area contributed by atoms with E-state index in [2.05, 4.69) is 88.4 Å². The van der Waals surface area contributed by atoms with Gasteiger partial charge in [-0.3, -0.25) is 0 Å². The Labute approximate surface area is 196 Å². The van der Waals surface area contributed by atoms with Crippen LogP contribution in [0.3, 0.4) is 0 Å². The normalized spacial score (nSPS) is 18.6. The van der Waals surface area contributed by atoms with E-state index < -0.39 is 0 Å². The summed E-state index contributed by atoms with van der Waals surface area (Å²) >= 11 is 0. The summed E-state index contributed by atoms with van der Waals surface area (Å²) in [6.07, 6.45) is 10.4. The van der Waals surface area contributed by atoms with Gasteiger partial charge in [0.25, 0.3) is 0 Å². The van der Waals surface area contributed by atoms with Gasteiger partial charge in [-0.15, -0.1) is 0 Å². The van der Waals surface area contributed by atoms with Crippen molar-refractivity contribution >= 4 is 0 Å². The topological polar surface area (TPSA) is 0 Å². The van der Waals surface area contributed by atoms with Gasteiger partial charge in [0.1, 0.15) is 0 Å². The second-order valence-electron chi connectivity index (χ2n) is 10.4. The Morgan fingerprint density at radius 1 is 0.688 bits per heavy atom. The predicted molar refractivity (Wildman–Crippen MR) is 140 cm³/mol. The van der Waals surface area contributed by atoms with E-state index in [0.717, 1.165) is 11.8 Å². The quantitative estimate of drug-likeness (QED) is 0.332. The molecule has 0 unspecified atom stereocenters. The van der Waals surface area contributed by atoms with Gasteiger partial charge in [0.15, 0.2) is 0 Å². The first-order valence-corrected chi connectivity index (χ1v) is 12.8. The van der Waals surface area contributed by atoms with Gasteiger partial charge in [-0.2, -0.15) is 0 Å². The van der Waals surface area contributed by atoms with Gasteiger partial charge < -0.3 is 0 Å². The van der Waals surface area contributed by atoms with Gasteiger partial charge in [-0.05, 0) is 110 Å². The number of rotatable bonds is 7. The molecule has 1 aliphatic rings. The summed E-state index contributed by atoms with van der Waals surface area (Å²) in [7, 11) is 0. The Balaban J connectivity index is 1.27. The van der Waals surface area contributed by atoms with Crippen molar-refractivity contribution in [2.75, 3.05) is 0 Å². The van der Waals surface area contributed by atoms with Crippen molar-refractivity contribution in [1.29, 1.82) is 0 Å². The highest BCUT2D eigenvalue weighted by Gasteiger charge is 2.20. The standard InChI is InChI=1S/C32H40/c1-23-9-14-29(15-10-23)31-19-18-28(25(3)22-31)8-6-5-7-27-12-16-30(17-13-27)32-20-11-24(2)21-26(32)4/h11-13,16-23,29H,5-10,14-15H2,1-4H3. The van der Waals surface area contributed by atoms with Gasteiger partial charge in [-0.1, -0.05) is 86.0 Å². The molecule has 1 fully saturated rings. The second-order valence-corrected chi connectivity index (χ2v) is 10.4. The van der Waals surface area contributed by atoms with E-state index in [1.807, 2.05) is 0 Å². The summed E-state index contributed by atoms with van der Waals surface area (Å²) in [5, 5.41) is 0. The van der Waals surface area contributed by atoms with Crippen molar-refractivity contribution in [1.82, 2.24) is 0 Å². The summed E-state index contributed by atoms with van der Waals surface area (Å²) in [6, 6.07) is 23.3. The van der Waals surface area contributed by atoms with Crippen LogP contribution >= 0.6 is 0 Å². The molecule has 0 amide bonds. The molecule has 0 spiro atoms. The Morgan fingerprint density at radius 3 is 2.09 bits per heavy atom. The van der Waals surface area contributed by atoms with Gasteiger partial charge in [0.05, 0.1) is 0 Å². The van der Waals surface area contributed by atoms with E-state index in [1.54, 1.807) is 11.1 Å². The zero-order valence-corrected chi connectivity index (χ0v) is 20.6. The molecule has 1 aliphatic carbocycles. The van der Waals surface area contributed by atoms with Gasteiger partial charge in [-0.25, -0.2) is 0 Å². The number of benzene rings is 3. The van der Waals surface area contributed by atoms with Crippen LogP contribution in [0.2, 0.25) is 0 Å². The molecule has 0 radical (unpaired) electrons. The zero-order valence-electron chi connectivity index (χ0n) is 20.6. The molecular weight excluding hydrogens is 384 g/mol. The maximum Gasteiger partial charge on any atom is -0.0155 e. The lowest BCUT2D eigenvalue weighted by molar-refractivity contribution is 0.348. The summed E-state index contributed by atoms with van der Waals surface area (Å²) in [6.45, 7) is 9.09. The minimum atomic E-state index is 0.797. The second kappa shape index (κ2) is 10.5. The van der Waals surface area contributed by atoms with E-state index in [1.165, 1.54) is 84.7 Å². The molecule has 0 aromatic heterocycles. The molecule has 0 heteroatoms. The summed E-state index contributed by atoms with van der Waals surface area (Å²) < 4.78 is 0. The summed E-state index contributed by atoms with van der Waals surface area (Å²) in [5.41, 5.74) is 11.5. The van der Waals surface area contributed by atoms with Crippen LogP contribution in [0, 0.1) is 26.7 Å². The molecule has 168 valence electrons. The predicted octanol–water partition coefficient (Wildman–Crippen LogP) is 9.14.